The highest BCUT2D eigenvalue weighted by Crippen LogP contribution is 2.35. The number of rotatable bonds is 15. The predicted octanol–water partition coefficient (Wildman–Crippen LogP) is 6.70. The summed E-state index contributed by atoms with van der Waals surface area (Å²) in [6.45, 7) is 0.332. The molecule has 16 heteroatoms. The number of anilines is 3. The van der Waals surface area contributed by atoms with E-state index in [4.69, 9.17) is 23.9 Å². The number of nitrogens with zero attached hydrogens (tertiary/aromatic N) is 5. The Morgan fingerprint density at radius 2 is 1.43 bits per heavy atom. The van der Waals surface area contributed by atoms with Crippen molar-refractivity contribution in [3.05, 3.63) is 143 Å². The molecule has 0 spiro atoms. The summed E-state index contributed by atoms with van der Waals surface area (Å²) in [5.41, 5.74) is 4.91. The van der Waals surface area contributed by atoms with Gasteiger partial charge in [-0.25, -0.2) is 14.5 Å². The van der Waals surface area contributed by atoms with E-state index < -0.39 is 0 Å². The molecule has 9 rings (SSSR count). The number of fused-ring (bicyclic) bond motifs is 2. The van der Waals surface area contributed by atoms with Crippen LogP contribution < -0.4 is 40.0 Å². The second kappa shape index (κ2) is 16.2. The second-order valence-corrected chi connectivity index (χ2v) is 14.1. The first-order valence-electron chi connectivity index (χ1n) is 19.4. The lowest BCUT2D eigenvalue weighted by Crippen LogP contribution is -2.28. The highest BCUT2D eigenvalue weighted by molar-refractivity contribution is 6.04. The lowest BCUT2D eigenvalue weighted by Gasteiger charge is -2.23. The van der Waals surface area contributed by atoms with Crippen molar-refractivity contribution in [3.8, 4) is 40.1 Å². The van der Waals surface area contributed by atoms with Crippen molar-refractivity contribution in [2.24, 2.45) is 5.11 Å². The summed E-state index contributed by atoms with van der Waals surface area (Å²) >= 11 is 0. The quantitative estimate of drug-likeness (QED) is 0.0639. The minimum atomic E-state index is -0.345. The van der Waals surface area contributed by atoms with Crippen LogP contribution in [0.2, 0.25) is 0 Å². The number of methoxy groups -OCH3 is 2. The molecule has 306 valence electrons. The number of hydrogen-bond donors (Lipinski definition) is 4. The second-order valence-electron chi connectivity index (χ2n) is 14.1. The maximum Gasteiger partial charge on any atom is 0.446 e. The summed E-state index contributed by atoms with van der Waals surface area (Å²) in [7, 11) is 4.82. The molecule has 4 N–H and O–H groups in total. The number of ether oxygens (including phenoxy) is 4. The number of H-pyrrole nitrogens is 2. The van der Waals surface area contributed by atoms with E-state index >= 15 is 0 Å². The summed E-state index contributed by atoms with van der Waals surface area (Å²) in [5, 5.41) is 14.2. The van der Waals surface area contributed by atoms with Gasteiger partial charge in [-0.3, -0.25) is 14.7 Å². The zero-order valence-electron chi connectivity index (χ0n) is 33.4. The first-order chi connectivity index (χ1) is 29.8. The average molecular weight is 819 g/mol. The van der Waals surface area contributed by atoms with E-state index in [1.165, 1.54) is 16.5 Å². The molecule has 0 unspecified atom stereocenters. The maximum atomic E-state index is 14.2. The lowest BCUT2D eigenvalue weighted by molar-refractivity contribution is -0.480. The summed E-state index contributed by atoms with van der Waals surface area (Å²) in [6.07, 6.45) is 0. The van der Waals surface area contributed by atoms with Crippen molar-refractivity contribution in [2.75, 3.05) is 57.8 Å². The molecular weight excluding hydrogens is 779 g/mol. The third-order valence-electron chi connectivity index (χ3n) is 10.3. The Kier molecular flexibility index (Phi) is 10.2. The molecule has 0 aliphatic carbocycles. The standard InChI is InChI=1S/C45H39N9O7/c1-46-43-35(25-53-44(56)34-13-7-8-14-36(34)50-53)39(55)26-52(43)28-19-30(58-2)23-32(20-28)60-17-18-61-33-22-29(21-31(24-33)59-3)54-45(57)40(41-48-37-15-9-10-16-38(37)49-41)42(51-54)47-27-11-5-4-6-12-27/h4-16,19-24H,17-18,25-26H2,1-3H3,(H3,46,47,50,51,55,56)/p+1. The third kappa shape index (κ3) is 7.53. The Morgan fingerprint density at radius 1 is 0.770 bits per heavy atom. The molecule has 1 amide bonds. The Balaban J connectivity index is 0.931. The van der Waals surface area contributed by atoms with Crippen LogP contribution in [0.3, 0.4) is 0 Å². The molecular formula is C45H40N9O7+. The first-order valence-corrected chi connectivity index (χ1v) is 19.4. The van der Waals surface area contributed by atoms with Crippen LogP contribution in [0.15, 0.2) is 137 Å². The molecule has 4 heterocycles. The van der Waals surface area contributed by atoms with E-state index in [9.17, 15) is 14.4 Å². The van der Waals surface area contributed by atoms with Crippen molar-refractivity contribution in [2.45, 2.75) is 0 Å². The Labute approximate surface area is 348 Å². The van der Waals surface area contributed by atoms with E-state index in [0.717, 1.165) is 16.7 Å². The number of carbonyl (C=O) groups is 2. The average Bonchev–Trinajstić information content (AvgIpc) is 4.03. The number of imidazole rings is 1. The van der Waals surface area contributed by atoms with E-state index in [1.54, 1.807) is 68.8 Å². The molecule has 5 aromatic carbocycles. The number of benzene rings is 5. The number of ketones is 1. The predicted molar refractivity (Wildman–Crippen MR) is 228 cm³/mol. The fraction of sp³-hybridized carbons (Fsp3) is 0.156. The number of aromatic nitrogens is 4. The largest absolute Gasteiger partial charge is 0.497 e. The fourth-order valence-corrected chi connectivity index (χ4v) is 7.38. The number of nitrogens with one attached hydrogen (secondary N) is 4. The highest BCUT2D eigenvalue weighted by Gasteiger charge is 2.39. The van der Waals surface area contributed by atoms with E-state index in [2.05, 4.69) is 25.8 Å². The van der Waals surface area contributed by atoms with Gasteiger partial charge in [0.1, 0.15) is 76.1 Å². The molecule has 16 nitrogen and oxygen atoms in total. The highest BCUT2D eigenvalue weighted by atomic mass is 16.5. The van der Waals surface area contributed by atoms with Crippen molar-refractivity contribution < 1.29 is 33.2 Å². The molecule has 2 aromatic heterocycles. The Hall–Kier alpha value is -8.14. The van der Waals surface area contributed by atoms with Gasteiger partial charge < -0.3 is 39.5 Å². The van der Waals surface area contributed by atoms with Crippen molar-refractivity contribution >= 4 is 45.6 Å². The monoisotopic (exact) mass is 818 g/mol. The SMILES string of the molecule is CNC1=C(C[N+]2=Nc3ccccc3C2=O)C(=O)CN1c1cc(OC)cc(OCCOc2cc(OC)cc(-n3[nH]c(Nc4ccccc4)c(-c4nc5ccccc5[nH]4)c3=O)c2)c1. The first kappa shape index (κ1) is 38.4. The minimum Gasteiger partial charge on any atom is -0.497 e. The normalized spacial score (nSPS) is 13.4. The third-order valence-corrected chi connectivity index (χ3v) is 10.3. The van der Waals surface area contributed by atoms with E-state index in [-0.39, 0.29) is 43.6 Å². The number of carbonyl (C=O) groups excluding carboxylic acids is 2. The molecule has 0 atom stereocenters. The summed E-state index contributed by atoms with van der Waals surface area (Å²) in [5.74, 6) is 2.91. The number of Topliss-reactive ketones (excluding diaryl/α,β-unsaturated/α-hetero) is 1. The molecule has 0 saturated heterocycles. The Bertz CT molecular complexity index is 2920. The van der Waals surface area contributed by atoms with Crippen LogP contribution in [0, 0.1) is 0 Å². The van der Waals surface area contributed by atoms with Crippen LogP contribution in [-0.4, -0.2) is 83.7 Å². The van der Waals surface area contributed by atoms with Crippen LogP contribution in [0.4, 0.5) is 22.9 Å². The number of aromatic amines is 2. The molecule has 7 aromatic rings. The summed E-state index contributed by atoms with van der Waals surface area (Å²) in [6, 6.07) is 34.7. The van der Waals surface area contributed by atoms with Crippen LogP contribution >= 0.6 is 0 Å². The van der Waals surface area contributed by atoms with Gasteiger partial charge in [0.05, 0.1) is 43.2 Å². The van der Waals surface area contributed by atoms with Crippen LogP contribution in [0.1, 0.15) is 10.4 Å². The smallest absolute Gasteiger partial charge is 0.446 e. The zero-order valence-corrected chi connectivity index (χ0v) is 33.4. The van der Waals surface area contributed by atoms with Gasteiger partial charge in [-0.05, 0) is 41.1 Å². The Morgan fingerprint density at radius 3 is 2.13 bits per heavy atom. The van der Waals surface area contributed by atoms with Gasteiger partial charge in [0, 0.05) is 54.2 Å². The van der Waals surface area contributed by atoms with E-state index in [0.29, 0.717) is 74.2 Å². The summed E-state index contributed by atoms with van der Waals surface area (Å²) in [4.78, 5) is 50.5. The van der Waals surface area contributed by atoms with Gasteiger partial charge in [-0.15, -0.1) is 0 Å². The van der Waals surface area contributed by atoms with Crippen molar-refractivity contribution in [1.82, 2.24) is 25.1 Å². The van der Waals surface area contributed by atoms with Crippen LogP contribution in [0.5, 0.6) is 23.0 Å². The minimum absolute atomic E-state index is 0.0162. The van der Waals surface area contributed by atoms with Gasteiger partial charge in [-0.2, -0.15) is 0 Å². The molecule has 0 fully saturated rings. The number of para-hydroxylation sites is 3. The number of amides is 1. The van der Waals surface area contributed by atoms with Crippen LogP contribution in [-0.2, 0) is 4.79 Å². The maximum absolute atomic E-state index is 14.2. The van der Waals surface area contributed by atoms with Gasteiger partial charge in [0.15, 0.2) is 5.78 Å². The number of azo groups is 2. The molecule has 61 heavy (non-hydrogen) atoms. The molecule has 0 saturated carbocycles. The van der Waals surface area contributed by atoms with Crippen LogP contribution in [0.25, 0.3) is 28.1 Å². The summed E-state index contributed by atoms with van der Waals surface area (Å²) < 4.78 is 26.3. The topological polar surface area (TPSA) is 180 Å². The fourth-order valence-electron chi connectivity index (χ4n) is 7.38. The van der Waals surface area contributed by atoms with Gasteiger partial charge in [0.25, 0.3) is 5.56 Å². The van der Waals surface area contributed by atoms with Gasteiger partial charge in [-0.1, -0.05) is 42.5 Å². The molecule has 2 aliphatic heterocycles. The van der Waals surface area contributed by atoms with Gasteiger partial charge >= 0.3 is 5.91 Å². The van der Waals surface area contributed by atoms with Gasteiger partial charge in [0.2, 0.25) is 6.54 Å². The van der Waals surface area contributed by atoms with Crippen molar-refractivity contribution in [3.63, 3.8) is 0 Å². The van der Waals surface area contributed by atoms with E-state index in [1.807, 2.05) is 65.6 Å². The molecule has 2 aliphatic rings. The lowest BCUT2D eigenvalue weighted by atomic mass is 10.1. The number of hydrogen-bond acceptors (Lipinski definition) is 12. The zero-order chi connectivity index (χ0) is 42.0. The molecule has 0 bridgehead atoms. The molecule has 0 radical (unpaired) electrons. The van der Waals surface area contributed by atoms with Crippen molar-refractivity contribution in [1.29, 1.82) is 0 Å².